The maximum absolute atomic E-state index is 12.4. The molecular formula is C21H28N4O2. The van der Waals surface area contributed by atoms with Crippen LogP contribution in [0.3, 0.4) is 0 Å². The maximum Gasteiger partial charge on any atom is 0.251 e. The number of nitrogens with zero attached hydrogens (tertiary/aromatic N) is 3. The number of rotatable bonds is 8. The second-order valence-electron chi connectivity index (χ2n) is 6.79. The molecule has 1 N–H and O–H groups in total. The predicted molar refractivity (Wildman–Crippen MR) is 106 cm³/mol. The van der Waals surface area contributed by atoms with E-state index in [1.165, 1.54) is 19.3 Å². The van der Waals surface area contributed by atoms with Gasteiger partial charge in [0, 0.05) is 24.8 Å². The summed E-state index contributed by atoms with van der Waals surface area (Å²) in [7, 11) is 0. The smallest absolute Gasteiger partial charge is 0.251 e. The molecule has 144 valence electrons. The van der Waals surface area contributed by atoms with Crippen LogP contribution in [0, 0.1) is 0 Å². The van der Waals surface area contributed by atoms with Crippen molar-refractivity contribution in [1.82, 2.24) is 15.3 Å². The number of ether oxygens (including phenoxy) is 1. The van der Waals surface area contributed by atoms with Crippen molar-refractivity contribution in [2.45, 2.75) is 45.6 Å². The lowest BCUT2D eigenvalue weighted by molar-refractivity contribution is 0.0950. The highest BCUT2D eigenvalue weighted by Crippen LogP contribution is 2.17. The van der Waals surface area contributed by atoms with Crippen LogP contribution in [0.4, 0.5) is 5.82 Å². The lowest BCUT2D eigenvalue weighted by Gasteiger charge is -2.27. The number of hydrogen-bond acceptors (Lipinski definition) is 5. The van der Waals surface area contributed by atoms with Gasteiger partial charge in [-0.15, -0.1) is 0 Å². The number of hydrogen-bond donors (Lipinski definition) is 1. The summed E-state index contributed by atoms with van der Waals surface area (Å²) in [5.41, 5.74) is 0.602. The quantitative estimate of drug-likeness (QED) is 0.722. The Morgan fingerprint density at radius 3 is 2.67 bits per heavy atom. The zero-order chi connectivity index (χ0) is 18.9. The summed E-state index contributed by atoms with van der Waals surface area (Å²) < 4.78 is 5.62. The summed E-state index contributed by atoms with van der Waals surface area (Å²) in [5, 5.41) is 2.89. The van der Waals surface area contributed by atoms with Crippen LogP contribution in [0.5, 0.6) is 5.75 Å². The molecule has 0 radical (unpaired) electrons. The van der Waals surface area contributed by atoms with Crippen LogP contribution < -0.4 is 15.0 Å². The van der Waals surface area contributed by atoms with Crippen LogP contribution in [0.15, 0.2) is 36.5 Å². The van der Waals surface area contributed by atoms with E-state index in [1.54, 1.807) is 18.3 Å². The van der Waals surface area contributed by atoms with E-state index < -0.39 is 0 Å². The van der Waals surface area contributed by atoms with Gasteiger partial charge in [0.05, 0.1) is 13.2 Å². The fourth-order valence-electron chi connectivity index (χ4n) is 3.07. The second-order valence-corrected chi connectivity index (χ2v) is 6.79. The van der Waals surface area contributed by atoms with Gasteiger partial charge in [0.2, 0.25) is 0 Å². The van der Waals surface area contributed by atoms with Gasteiger partial charge in [0.25, 0.3) is 5.91 Å². The SMILES string of the molecule is CCCCOc1ccc(C(=O)NCc2nccc(N3CCCCC3)n2)cc1. The third-order valence-corrected chi connectivity index (χ3v) is 4.66. The molecule has 0 unspecified atom stereocenters. The van der Waals surface area contributed by atoms with Crippen LogP contribution >= 0.6 is 0 Å². The fourth-order valence-corrected chi connectivity index (χ4v) is 3.07. The molecule has 2 heterocycles. The molecule has 2 aromatic rings. The van der Waals surface area contributed by atoms with Crippen LogP contribution in [0.1, 0.15) is 55.2 Å². The summed E-state index contributed by atoms with van der Waals surface area (Å²) in [6.07, 6.45) is 7.58. The van der Waals surface area contributed by atoms with E-state index in [1.807, 2.05) is 18.2 Å². The van der Waals surface area contributed by atoms with Crippen LogP contribution in [-0.2, 0) is 6.54 Å². The number of anilines is 1. The maximum atomic E-state index is 12.4. The third kappa shape index (κ3) is 5.67. The van der Waals surface area contributed by atoms with E-state index in [4.69, 9.17) is 4.74 Å². The average Bonchev–Trinajstić information content (AvgIpc) is 2.73. The van der Waals surface area contributed by atoms with Crippen molar-refractivity contribution in [3.8, 4) is 5.75 Å². The Morgan fingerprint density at radius 1 is 1.15 bits per heavy atom. The van der Waals surface area contributed by atoms with Crippen LogP contribution in [0.25, 0.3) is 0 Å². The summed E-state index contributed by atoms with van der Waals surface area (Å²) >= 11 is 0. The van der Waals surface area contributed by atoms with Gasteiger partial charge < -0.3 is 15.0 Å². The first-order chi connectivity index (χ1) is 13.3. The van der Waals surface area contributed by atoms with Crippen molar-refractivity contribution in [2.24, 2.45) is 0 Å². The van der Waals surface area contributed by atoms with Gasteiger partial charge >= 0.3 is 0 Å². The molecule has 6 nitrogen and oxygen atoms in total. The van der Waals surface area contributed by atoms with Crippen molar-refractivity contribution >= 4 is 11.7 Å². The topological polar surface area (TPSA) is 67.3 Å². The van der Waals surface area contributed by atoms with Gasteiger partial charge in [0.1, 0.15) is 17.4 Å². The average molecular weight is 368 g/mol. The number of carbonyl (C=O) groups excluding carboxylic acids is 1. The van der Waals surface area contributed by atoms with Crippen molar-refractivity contribution < 1.29 is 9.53 Å². The molecule has 0 aliphatic carbocycles. The second kappa shape index (κ2) is 9.90. The molecule has 1 aromatic carbocycles. The Hall–Kier alpha value is -2.63. The third-order valence-electron chi connectivity index (χ3n) is 4.66. The minimum atomic E-state index is -0.137. The predicted octanol–water partition coefficient (Wildman–Crippen LogP) is 3.58. The summed E-state index contributed by atoms with van der Waals surface area (Å²) in [6.45, 7) is 5.22. The van der Waals surface area contributed by atoms with E-state index in [0.717, 1.165) is 37.5 Å². The molecule has 1 aliphatic heterocycles. The molecule has 0 atom stereocenters. The standard InChI is InChI=1S/C21H28N4O2/c1-2-3-15-27-18-9-7-17(8-10-18)21(26)23-16-19-22-12-11-20(24-19)25-13-5-4-6-14-25/h7-12H,2-6,13-16H2,1H3,(H,23,26). The molecule has 0 bridgehead atoms. The van der Waals surface area contributed by atoms with Gasteiger partial charge in [0.15, 0.2) is 0 Å². The summed E-state index contributed by atoms with van der Waals surface area (Å²) in [4.78, 5) is 23.5. The number of aromatic nitrogens is 2. The number of carbonyl (C=O) groups is 1. The highest BCUT2D eigenvalue weighted by atomic mass is 16.5. The van der Waals surface area contributed by atoms with E-state index in [9.17, 15) is 4.79 Å². The van der Waals surface area contributed by atoms with Gasteiger partial charge in [-0.05, 0) is 56.0 Å². The molecule has 6 heteroatoms. The Labute approximate surface area is 161 Å². The van der Waals surface area contributed by atoms with Gasteiger partial charge in [-0.1, -0.05) is 13.3 Å². The highest BCUT2D eigenvalue weighted by Gasteiger charge is 2.13. The molecule has 1 fully saturated rings. The molecular weight excluding hydrogens is 340 g/mol. The Bertz CT molecular complexity index is 727. The van der Waals surface area contributed by atoms with Gasteiger partial charge in [-0.3, -0.25) is 4.79 Å². The first-order valence-corrected chi connectivity index (χ1v) is 9.84. The molecule has 1 saturated heterocycles. The number of amides is 1. The van der Waals surface area contributed by atoms with Gasteiger partial charge in [-0.25, -0.2) is 9.97 Å². The first-order valence-electron chi connectivity index (χ1n) is 9.84. The minimum absolute atomic E-state index is 0.137. The molecule has 3 rings (SSSR count). The monoisotopic (exact) mass is 368 g/mol. The molecule has 1 aliphatic rings. The lowest BCUT2D eigenvalue weighted by Crippen LogP contribution is -2.31. The molecule has 1 aromatic heterocycles. The van der Waals surface area contributed by atoms with Crippen LogP contribution in [0.2, 0.25) is 0 Å². The molecule has 27 heavy (non-hydrogen) atoms. The number of piperidine rings is 1. The normalized spacial score (nSPS) is 14.0. The van der Waals surface area contributed by atoms with Crippen molar-refractivity contribution in [3.05, 3.63) is 47.9 Å². The zero-order valence-corrected chi connectivity index (χ0v) is 16.0. The van der Waals surface area contributed by atoms with Gasteiger partial charge in [-0.2, -0.15) is 0 Å². The first kappa shape index (κ1) is 19.1. The Kier molecular flexibility index (Phi) is 7.02. The highest BCUT2D eigenvalue weighted by molar-refractivity contribution is 5.94. The van der Waals surface area contributed by atoms with E-state index >= 15 is 0 Å². The van der Waals surface area contributed by atoms with Crippen molar-refractivity contribution in [2.75, 3.05) is 24.6 Å². The molecule has 1 amide bonds. The summed E-state index contributed by atoms with van der Waals surface area (Å²) in [5.74, 6) is 2.23. The molecule has 0 spiro atoms. The Morgan fingerprint density at radius 2 is 1.93 bits per heavy atom. The minimum Gasteiger partial charge on any atom is -0.494 e. The van der Waals surface area contributed by atoms with Crippen molar-refractivity contribution in [1.29, 1.82) is 0 Å². The van der Waals surface area contributed by atoms with E-state index in [-0.39, 0.29) is 5.91 Å². The summed E-state index contributed by atoms with van der Waals surface area (Å²) in [6, 6.07) is 9.16. The van der Waals surface area contributed by atoms with E-state index in [2.05, 4.69) is 27.1 Å². The Balaban J connectivity index is 1.52. The van der Waals surface area contributed by atoms with Crippen molar-refractivity contribution in [3.63, 3.8) is 0 Å². The number of nitrogens with one attached hydrogen (secondary N) is 1. The van der Waals surface area contributed by atoms with E-state index in [0.29, 0.717) is 24.5 Å². The fraction of sp³-hybridized carbons (Fsp3) is 0.476. The zero-order valence-electron chi connectivity index (χ0n) is 16.0. The van der Waals surface area contributed by atoms with Crippen LogP contribution in [-0.4, -0.2) is 35.6 Å². The number of benzene rings is 1. The largest absolute Gasteiger partial charge is 0.494 e. The lowest BCUT2D eigenvalue weighted by atomic mass is 10.1. The molecule has 0 saturated carbocycles. The number of unbranched alkanes of at least 4 members (excludes halogenated alkanes) is 1.